The van der Waals surface area contributed by atoms with E-state index < -0.39 is 0 Å². The van der Waals surface area contributed by atoms with Crippen LogP contribution in [0.5, 0.6) is 0 Å². The monoisotopic (exact) mass is 201 g/mol. The van der Waals surface area contributed by atoms with Gasteiger partial charge < -0.3 is 5.32 Å². The van der Waals surface area contributed by atoms with Crippen LogP contribution in [0.3, 0.4) is 0 Å². The SMILES string of the molecule is CSC1(CNCC(C)C)CCCC1. The zero-order chi connectivity index (χ0) is 9.73. The van der Waals surface area contributed by atoms with Crippen molar-refractivity contribution in [3.8, 4) is 0 Å². The lowest BCUT2D eigenvalue weighted by Crippen LogP contribution is -2.36. The van der Waals surface area contributed by atoms with E-state index >= 15 is 0 Å². The van der Waals surface area contributed by atoms with Crippen molar-refractivity contribution in [2.24, 2.45) is 5.92 Å². The van der Waals surface area contributed by atoms with Crippen LogP contribution in [0.2, 0.25) is 0 Å². The molecule has 0 atom stereocenters. The number of thioether (sulfide) groups is 1. The molecule has 1 aliphatic rings. The van der Waals surface area contributed by atoms with Gasteiger partial charge >= 0.3 is 0 Å². The zero-order valence-electron chi connectivity index (χ0n) is 9.23. The highest BCUT2D eigenvalue weighted by atomic mass is 32.2. The van der Waals surface area contributed by atoms with E-state index in [1.54, 1.807) is 0 Å². The predicted molar refractivity (Wildman–Crippen MR) is 62.4 cm³/mol. The van der Waals surface area contributed by atoms with Crippen LogP contribution in [0, 0.1) is 5.92 Å². The molecule has 0 bridgehead atoms. The van der Waals surface area contributed by atoms with Crippen LogP contribution >= 0.6 is 11.8 Å². The molecule has 0 spiro atoms. The Morgan fingerprint density at radius 1 is 1.31 bits per heavy atom. The quantitative estimate of drug-likeness (QED) is 0.734. The maximum absolute atomic E-state index is 3.60. The fraction of sp³-hybridized carbons (Fsp3) is 1.00. The van der Waals surface area contributed by atoms with Crippen molar-refractivity contribution >= 4 is 11.8 Å². The van der Waals surface area contributed by atoms with Gasteiger partial charge in [-0.1, -0.05) is 26.7 Å². The number of rotatable bonds is 5. The maximum Gasteiger partial charge on any atom is 0.0281 e. The Balaban J connectivity index is 2.23. The molecule has 0 heterocycles. The minimum absolute atomic E-state index is 0.578. The van der Waals surface area contributed by atoms with Gasteiger partial charge in [0, 0.05) is 11.3 Å². The third kappa shape index (κ3) is 3.51. The van der Waals surface area contributed by atoms with Crippen molar-refractivity contribution in [2.45, 2.75) is 44.3 Å². The second-order valence-corrected chi connectivity index (χ2v) is 5.89. The van der Waals surface area contributed by atoms with Gasteiger partial charge in [-0.3, -0.25) is 0 Å². The first-order chi connectivity index (χ1) is 6.18. The van der Waals surface area contributed by atoms with E-state index in [1.807, 2.05) is 0 Å². The molecular weight excluding hydrogens is 178 g/mol. The van der Waals surface area contributed by atoms with Gasteiger partial charge in [0.15, 0.2) is 0 Å². The minimum atomic E-state index is 0.578. The molecule has 0 aromatic heterocycles. The Morgan fingerprint density at radius 2 is 1.92 bits per heavy atom. The molecular formula is C11H23NS. The molecule has 0 radical (unpaired) electrons. The van der Waals surface area contributed by atoms with Crippen molar-refractivity contribution < 1.29 is 0 Å². The van der Waals surface area contributed by atoms with Crippen LogP contribution in [0.1, 0.15) is 39.5 Å². The van der Waals surface area contributed by atoms with Gasteiger partial charge in [-0.2, -0.15) is 11.8 Å². The third-order valence-corrected chi connectivity index (χ3v) is 4.37. The second kappa shape index (κ2) is 5.26. The normalized spacial score (nSPS) is 21.2. The fourth-order valence-corrected chi connectivity index (χ4v) is 3.00. The molecule has 0 unspecified atom stereocenters. The summed E-state index contributed by atoms with van der Waals surface area (Å²) in [5.74, 6) is 0.778. The molecule has 0 aliphatic heterocycles. The van der Waals surface area contributed by atoms with Gasteiger partial charge in [0.2, 0.25) is 0 Å². The number of hydrogen-bond acceptors (Lipinski definition) is 2. The summed E-state index contributed by atoms with van der Waals surface area (Å²) >= 11 is 2.07. The summed E-state index contributed by atoms with van der Waals surface area (Å²) in [5.41, 5.74) is 0. The molecule has 1 N–H and O–H groups in total. The van der Waals surface area contributed by atoms with E-state index in [-0.39, 0.29) is 0 Å². The van der Waals surface area contributed by atoms with Gasteiger partial charge in [-0.15, -0.1) is 0 Å². The summed E-state index contributed by atoms with van der Waals surface area (Å²) in [4.78, 5) is 0. The van der Waals surface area contributed by atoms with E-state index in [1.165, 1.54) is 38.8 Å². The van der Waals surface area contributed by atoms with Crippen LogP contribution < -0.4 is 5.32 Å². The highest BCUT2D eigenvalue weighted by molar-refractivity contribution is 8.00. The molecule has 1 rings (SSSR count). The first-order valence-corrected chi connectivity index (χ1v) is 6.67. The first-order valence-electron chi connectivity index (χ1n) is 5.44. The summed E-state index contributed by atoms with van der Waals surface area (Å²) in [6, 6.07) is 0. The van der Waals surface area contributed by atoms with Crippen LogP contribution in [-0.4, -0.2) is 24.1 Å². The molecule has 2 heteroatoms. The number of nitrogens with one attached hydrogen (secondary N) is 1. The number of hydrogen-bond donors (Lipinski definition) is 1. The molecule has 1 fully saturated rings. The zero-order valence-corrected chi connectivity index (χ0v) is 10.0. The molecule has 1 saturated carbocycles. The lowest BCUT2D eigenvalue weighted by atomic mass is 10.1. The lowest BCUT2D eigenvalue weighted by molar-refractivity contribution is 0.489. The van der Waals surface area contributed by atoms with Gasteiger partial charge in [0.1, 0.15) is 0 Å². The summed E-state index contributed by atoms with van der Waals surface area (Å²) in [7, 11) is 0. The van der Waals surface area contributed by atoms with Gasteiger partial charge in [0.05, 0.1) is 0 Å². The van der Waals surface area contributed by atoms with Crippen molar-refractivity contribution in [3.63, 3.8) is 0 Å². The van der Waals surface area contributed by atoms with E-state index in [0.29, 0.717) is 4.75 Å². The Morgan fingerprint density at radius 3 is 2.38 bits per heavy atom. The predicted octanol–water partition coefficient (Wildman–Crippen LogP) is 2.91. The van der Waals surface area contributed by atoms with Crippen molar-refractivity contribution in [3.05, 3.63) is 0 Å². The van der Waals surface area contributed by atoms with Crippen LogP contribution in [0.15, 0.2) is 0 Å². The van der Waals surface area contributed by atoms with E-state index in [0.717, 1.165) is 5.92 Å². The average Bonchev–Trinajstić information content (AvgIpc) is 2.53. The maximum atomic E-state index is 3.60. The van der Waals surface area contributed by atoms with Gasteiger partial charge in [0.25, 0.3) is 0 Å². The van der Waals surface area contributed by atoms with E-state index in [2.05, 4.69) is 37.2 Å². The summed E-state index contributed by atoms with van der Waals surface area (Å²) in [6.45, 7) is 6.93. The molecule has 0 aromatic rings. The summed E-state index contributed by atoms with van der Waals surface area (Å²) < 4.78 is 0.578. The topological polar surface area (TPSA) is 12.0 Å². The molecule has 1 aliphatic carbocycles. The lowest BCUT2D eigenvalue weighted by Gasteiger charge is -2.27. The van der Waals surface area contributed by atoms with Crippen molar-refractivity contribution in [1.29, 1.82) is 0 Å². The van der Waals surface area contributed by atoms with Crippen molar-refractivity contribution in [2.75, 3.05) is 19.3 Å². The van der Waals surface area contributed by atoms with Gasteiger partial charge in [-0.25, -0.2) is 0 Å². The van der Waals surface area contributed by atoms with Crippen LogP contribution in [-0.2, 0) is 0 Å². The van der Waals surface area contributed by atoms with Crippen molar-refractivity contribution in [1.82, 2.24) is 5.32 Å². The van der Waals surface area contributed by atoms with Crippen LogP contribution in [0.4, 0.5) is 0 Å². The van der Waals surface area contributed by atoms with E-state index in [9.17, 15) is 0 Å². The third-order valence-electron chi connectivity index (χ3n) is 2.95. The second-order valence-electron chi connectivity index (χ2n) is 4.62. The smallest absolute Gasteiger partial charge is 0.0281 e. The largest absolute Gasteiger partial charge is 0.315 e. The van der Waals surface area contributed by atoms with Gasteiger partial charge in [-0.05, 0) is 31.6 Å². The molecule has 0 aromatic carbocycles. The van der Waals surface area contributed by atoms with E-state index in [4.69, 9.17) is 0 Å². The molecule has 1 nitrogen and oxygen atoms in total. The molecule has 78 valence electrons. The average molecular weight is 201 g/mol. The molecule has 0 saturated heterocycles. The Bertz CT molecular complexity index is 139. The van der Waals surface area contributed by atoms with Crippen LogP contribution in [0.25, 0.3) is 0 Å². The highest BCUT2D eigenvalue weighted by Crippen LogP contribution is 2.39. The Kier molecular flexibility index (Phi) is 4.60. The molecule has 0 amide bonds. The minimum Gasteiger partial charge on any atom is -0.315 e. The standard InChI is InChI=1S/C11H23NS/c1-10(2)8-12-9-11(13-3)6-4-5-7-11/h10,12H,4-9H2,1-3H3. The molecule has 13 heavy (non-hydrogen) atoms. The fourth-order valence-electron chi connectivity index (χ4n) is 2.06. The summed E-state index contributed by atoms with van der Waals surface area (Å²) in [5, 5.41) is 3.60. The summed E-state index contributed by atoms with van der Waals surface area (Å²) in [6.07, 6.45) is 7.97. The first kappa shape index (κ1) is 11.4. The Labute approximate surface area is 87.1 Å². The Hall–Kier alpha value is 0.310. The highest BCUT2D eigenvalue weighted by Gasteiger charge is 2.32.